The molecule has 0 atom stereocenters. The number of nitrogens with zero attached hydrogens (tertiary/aromatic N) is 4. The van der Waals surface area contributed by atoms with E-state index in [0.717, 1.165) is 16.7 Å². The van der Waals surface area contributed by atoms with Crippen LogP contribution in [0, 0.1) is 0 Å². The summed E-state index contributed by atoms with van der Waals surface area (Å²) in [6.45, 7) is 0. The maximum Gasteiger partial charge on any atom is 0.164 e. The van der Waals surface area contributed by atoms with Gasteiger partial charge >= 0.3 is 0 Å². The summed E-state index contributed by atoms with van der Waals surface area (Å²) in [5, 5.41) is 7.62. The van der Waals surface area contributed by atoms with Crippen LogP contribution in [0.15, 0.2) is 182 Å². The van der Waals surface area contributed by atoms with Gasteiger partial charge in [-0.1, -0.05) is 140 Å². The average Bonchev–Trinajstić information content (AvgIpc) is 3.96. The van der Waals surface area contributed by atoms with Crippen molar-refractivity contribution in [3.63, 3.8) is 0 Å². The highest BCUT2D eigenvalue weighted by Gasteiger charge is 2.19. The van der Waals surface area contributed by atoms with Gasteiger partial charge in [-0.2, -0.15) is 0 Å². The number of benzene rings is 8. The van der Waals surface area contributed by atoms with Gasteiger partial charge in [0, 0.05) is 67.8 Å². The highest BCUT2D eigenvalue weighted by molar-refractivity contribution is 7.26. The summed E-state index contributed by atoms with van der Waals surface area (Å²) in [6.07, 6.45) is 0. The molecule has 0 bridgehead atoms. The van der Waals surface area contributed by atoms with Gasteiger partial charge in [0.15, 0.2) is 17.5 Å². The van der Waals surface area contributed by atoms with Crippen molar-refractivity contribution in [1.82, 2.24) is 19.5 Å². The van der Waals surface area contributed by atoms with Crippen LogP contribution in [0.3, 0.4) is 0 Å². The Morgan fingerprint density at radius 3 is 1.65 bits per heavy atom. The zero-order valence-corrected chi connectivity index (χ0v) is 32.1. The predicted molar refractivity (Wildman–Crippen MR) is 242 cm³/mol. The van der Waals surface area contributed by atoms with Crippen LogP contribution < -0.4 is 0 Å². The molecule has 4 nitrogen and oxygen atoms in total. The number of aromatic nitrogens is 4. The zero-order valence-electron chi connectivity index (χ0n) is 30.4. The second-order valence-electron chi connectivity index (χ2n) is 14.4. The van der Waals surface area contributed by atoms with E-state index in [4.69, 9.17) is 15.0 Å². The Morgan fingerprint density at radius 1 is 0.351 bits per heavy atom. The minimum atomic E-state index is 0.665. The lowest BCUT2D eigenvalue weighted by molar-refractivity contribution is 1.07. The Hall–Kier alpha value is -6.99. The van der Waals surface area contributed by atoms with Gasteiger partial charge in [-0.05, 0) is 53.6 Å². The second-order valence-corrected chi connectivity index (χ2v) is 16.5. The first-order valence-electron chi connectivity index (χ1n) is 19.0. The van der Waals surface area contributed by atoms with Crippen molar-refractivity contribution < 1.29 is 0 Å². The fraction of sp³-hybridized carbons (Fsp3) is 0. The SMILES string of the molecule is c1ccc(-c2nc(-c3ccccc3)nc(-c3ccc4c(c3)sc3ccc(-c5cccc6c5sc5cccc(-n7c8ccccc8c8ccccc87)c56)cc34)n2)cc1. The molecule has 0 unspecified atom stereocenters. The topological polar surface area (TPSA) is 43.6 Å². The third kappa shape index (κ3) is 5.15. The average molecular weight is 763 g/mol. The molecule has 4 aromatic heterocycles. The summed E-state index contributed by atoms with van der Waals surface area (Å²) in [5.41, 5.74) is 9.04. The molecule has 0 saturated carbocycles. The van der Waals surface area contributed by atoms with Crippen molar-refractivity contribution in [3.05, 3.63) is 182 Å². The van der Waals surface area contributed by atoms with E-state index < -0.39 is 0 Å². The molecule has 0 aliphatic rings. The molecule has 0 aliphatic carbocycles. The highest BCUT2D eigenvalue weighted by atomic mass is 32.1. The first kappa shape index (κ1) is 32.3. The number of para-hydroxylation sites is 2. The second kappa shape index (κ2) is 12.8. The maximum atomic E-state index is 4.99. The van der Waals surface area contributed by atoms with Gasteiger partial charge in [0.05, 0.1) is 16.7 Å². The molecule has 0 amide bonds. The van der Waals surface area contributed by atoms with Crippen molar-refractivity contribution in [2.45, 2.75) is 0 Å². The molecule has 0 aliphatic heterocycles. The Kier molecular flexibility index (Phi) is 7.24. The van der Waals surface area contributed by atoms with E-state index >= 15 is 0 Å². The van der Waals surface area contributed by atoms with E-state index in [2.05, 4.69) is 126 Å². The molecule has 12 aromatic rings. The fourth-order valence-electron chi connectivity index (χ4n) is 8.45. The summed E-state index contributed by atoms with van der Waals surface area (Å²) in [6, 6.07) is 64.9. The molecule has 12 rings (SSSR count). The van der Waals surface area contributed by atoms with Crippen molar-refractivity contribution >= 4 is 84.8 Å². The molecular weight excluding hydrogens is 733 g/mol. The summed E-state index contributed by atoms with van der Waals surface area (Å²) >= 11 is 3.70. The minimum Gasteiger partial charge on any atom is -0.309 e. The predicted octanol–water partition coefficient (Wildman–Crippen LogP) is 14.4. The molecule has 0 N–H and O–H groups in total. The van der Waals surface area contributed by atoms with E-state index in [-0.39, 0.29) is 0 Å². The smallest absolute Gasteiger partial charge is 0.164 e. The quantitative estimate of drug-likeness (QED) is 0.175. The normalized spacial score (nSPS) is 11.9. The van der Waals surface area contributed by atoms with Crippen LogP contribution in [0.4, 0.5) is 0 Å². The van der Waals surface area contributed by atoms with Crippen LogP contribution in [0.25, 0.3) is 113 Å². The van der Waals surface area contributed by atoms with Gasteiger partial charge in [0.1, 0.15) is 0 Å². The molecule has 0 saturated heterocycles. The Balaban J connectivity index is 0.988. The number of hydrogen-bond donors (Lipinski definition) is 0. The van der Waals surface area contributed by atoms with Crippen molar-refractivity contribution in [1.29, 1.82) is 0 Å². The van der Waals surface area contributed by atoms with Gasteiger partial charge in [0.2, 0.25) is 0 Å². The van der Waals surface area contributed by atoms with E-state index in [1.165, 1.54) is 79.0 Å². The molecule has 0 fully saturated rings. The molecule has 57 heavy (non-hydrogen) atoms. The lowest BCUT2D eigenvalue weighted by atomic mass is 10.00. The third-order valence-electron chi connectivity index (χ3n) is 11.1. The van der Waals surface area contributed by atoms with Crippen LogP contribution in [-0.4, -0.2) is 19.5 Å². The number of fused-ring (bicyclic) bond motifs is 9. The summed E-state index contributed by atoms with van der Waals surface area (Å²) < 4.78 is 7.51. The number of rotatable bonds is 5. The van der Waals surface area contributed by atoms with Crippen LogP contribution in [-0.2, 0) is 0 Å². The van der Waals surface area contributed by atoms with Gasteiger partial charge in [-0.15, -0.1) is 22.7 Å². The Morgan fingerprint density at radius 2 is 0.947 bits per heavy atom. The molecule has 8 aromatic carbocycles. The monoisotopic (exact) mass is 762 g/mol. The Bertz CT molecular complexity index is 3410. The van der Waals surface area contributed by atoms with Crippen molar-refractivity contribution in [2.75, 3.05) is 0 Å². The van der Waals surface area contributed by atoms with E-state index in [1.807, 2.05) is 83.3 Å². The number of hydrogen-bond acceptors (Lipinski definition) is 5. The summed E-state index contributed by atoms with van der Waals surface area (Å²) in [7, 11) is 0. The van der Waals surface area contributed by atoms with E-state index in [9.17, 15) is 0 Å². The van der Waals surface area contributed by atoms with Crippen LogP contribution >= 0.6 is 22.7 Å². The van der Waals surface area contributed by atoms with Crippen molar-refractivity contribution in [3.8, 4) is 51.0 Å². The molecule has 6 heteroatoms. The highest BCUT2D eigenvalue weighted by Crippen LogP contribution is 2.45. The van der Waals surface area contributed by atoms with Gasteiger partial charge in [0.25, 0.3) is 0 Å². The lowest BCUT2D eigenvalue weighted by Gasteiger charge is -2.10. The molecule has 4 heterocycles. The van der Waals surface area contributed by atoms with Gasteiger partial charge < -0.3 is 4.57 Å². The maximum absolute atomic E-state index is 4.99. The summed E-state index contributed by atoms with van der Waals surface area (Å²) in [4.78, 5) is 14.9. The largest absolute Gasteiger partial charge is 0.309 e. The minimum absolute atomic E-state index is 0.665. The van der Waals surface area contributed by atoms with Gasteiger partial charge in [-0.25, -0.2) is 15.0 Å². The zero-order chi connectivity index (χ0) is 37.5. The lowest BCUT2D eigenvalue weighted by Crippen LogP contribution is -1.99. The van der Waals surface area contributed by atoms with E-state index in [0.29, 0.717) is 17.5 Å². The van der Waals surface area contributed by atoms with Crippen LogP contribution in [0.1, 0.15) is 0 Å². The first-order chi connectivity index (χ1) is 28.2. The standard InChI is InChI=1S/C51H30N4S2/c1-3-13-31(14-4-1)49-52-50(32-15-5-2-6-16-32)54-51(53-49)34-25-27-38-40-29-33(26-28-44(40)56-46(38)30-34)35-19-11-20-39-47-43(23-12-24-45(47)57-48(35)39)55-41-21-9-7-17-36(41)37-18-8-10-22-42(37)55/h1-30H. The fourth-order valence-corrected chi connectivity index (χ4v) is 10.8. The molecule has 0 spiro atoms. The molecule has 266 valence electrons. The van der Waals surface area contributed by atoms with Crippen LogP contribution in [0.2, 0.25) is 0 Å². The van der Waals surface area contributed by atoms with Gasteiger partial charge in [-0.3, -0.25) is 0 Å². The molecule has 0 radical (unpaired) electrons. The van der Waals surface area contributed by atoms with Crippen LogP contribution in [0.5, 0.6) is 0 Å². The first-order valence-corrected chi connectivity index (χ1v) is 20.7. The third-order valence-corrected chi connectivity index (χ3v) is 13.4. The number of thiophene rings is 2. The summed E-state index contributed by atoms with van der Waals surface area (Å²) in [5.74, 6) is 2.00. The van der Waals surface area contributed by atoms with E-state index in [1.54, 1.807) is 0 Å². The van der Waals surface area contributed by atoms with Crippen molar-refractivity contribution in [2.24, 2.45) is 0 Å². The molecular formula is C51H30N4S2. The Labute approximate surface area is 335 Å².